The van der Waals surface area contributed by atoms with Gasteiger partial charge in [-0.05, 0) is 30.4 Å². The van der Waals surface area contributed by atoms with E-state index >= 15 is 0 Å². The molecule has 0 aliphatic carbocycles. The third-order valence-electron chi connectivity index (χ3n) is 3.09. The van der Waals surface area contributed by atoms with Gasteiger partial charge in [-0.25, -0.2) is 4.79 Å². The molecule has 1 aliphatic heterocycles. The predicted molar refractivity (Wildman–Crippen MR) is 64.2 cm³/mol. The van der Waals surface area contributed by atoms with Crippen molar-refractivity contribution < 1.29 is 9.90 Å². The van der Waals surface area contributed by atoms with Gasteiger partial charge in [0.1, 0.15) is 0 Å². The molecule has 92 valence electrons. The van der Waals surface area contributed by atoms with Crippen molar-refractivity contribution in [1.29, 1.82) is 0 Å². The minimum absolute atomic E-state index is 0.00924. The van der Waals surface area contributed by atoms with E-state index in [1.165, 1.54) is 12.5 Å². The van der Waals surface area contributed by atoms with Crippen molar-refractivity contribution in [2.45, 2.75) is 26.7 Å². The Kier molecular flexibility index (Phi) is 3.00. The third-order valence-corrected chi connectivity index (χ3v) is 3.09. The van der Waals surface area contributed by atoms with Crippen molar-refractivity contribution in [2.24, 2.45) is 5.41 Å². The summed E-state index contributed by atoms with van der Waals surface area (Å²) in [6.45, 7) is 6.37. The van der Waals surface area contributed by atoms with E-state index in [0.717, 1.165) is 25.3 Å². The van der Waals surface area contributed by atoms with Crippen molar-refractivity contribution in [3.8, 4) is 0 Å². The van der Waals surface area contributed by atoms with Crippen LogP contribution in [0.4, 0.5) is 5.82 Å². The zero-order chi connectivity index (χ0) is 12.5. The predicted octanol–water partition coefficient (Wildman–Crippen LogP) is 1.80. The number of aromatic carboxylic acids is 1. The molecule has 17 heavy (non-hydrogen) atoms. The smallest absolute Gasteiger partial charge is 0.356 e. The highest BCUT2D eigenvalue weighted by Gasteiger charge is 2.27. The highest BCUT2D eigenvalue weighted by atomic mass is 16.4. The molecule has 1 aromatic heterocycles. The number of anilines is 1. The molecule has 0 radical (unpaired) electrons. The maximum atomic E-state index is 10.7. The summed E-state index contributed by atoms with van der Waals surface area (Å²) in [6, 6.07) is 3.24. The summed E-state index contributed by atoms with van der Waals surface area (Å²) in [7, 11) is 0. The van der Waals surface area contributed by atoms with Crippen molar-refractivity contribution >= 4 is 11.8 Å². The normalized spacial score (nSPS) is 19.1. The van der Waals surface area contributed by atoms with Crippen LogP contribution in [0.15, 0.2) is 12.1 Å². The SMILES string of the molecule is CC1(C)CCCN(c2ccc(C(=O)O)nn2)C1. The average molecular weight is 235 g/mol. The van der Waals surface area contributed by atoms with Gasteiger partial charge in [0.15, 0.2) is 11.5 Å². The van der Waals surface area contributed by atoms with Gasteiger partial charge in [-0.1, -0.05) is 13.8 Å². The Hall–Kier alpha value is -1.65. The lowest BCUT2D eigenvalue weighted by Crippen LogP contribution is -2.40. The zero-order valence-corrected chi connectivity index (χ0v) is 10.2. The Labute approximate surface area is 100 Å². The van der Waals surface area contributed by atoms with Crippen LogP contribution in [0.25, 0.3) is 0 Å². The molecule has 1 saturated heterocycles. The van der Waals surface area contributed by atoms with E-state index in [1.807, 2.05) is 0 Å². The Balaban J connectivity index is 2.14. The van der Waals surface area contributed by atoms with E-state index in [2.05, 4.69) is 28.9 Å². The molecule has 0 atom stereocenters. The maximum Gasteiger partial charge on any atom is 0.356 e. The van der Waals surface area contributed by atoms with Crippen LogP contribution in [0.1, 0.15) is 37.2 Å². The van der Waals surface area contributed by atoms with Gasteiger partial charge in [0.2, 0.25) is 0 Å². The molecule has 0 amide bonds. The first kappa shape index (κ1) is 11.8. The van der Waals surface area contributed by atoms with Crippen molar-refractivity contribution in [3.63, 3.8) is 0 Å². The second-order valence-corrected chi connectivity index (χ2v) is 5.27. The highest BCUT2D eigenvalue weighted by Crippen LogP contribution is 2.30. The van der Waals surface area contributed by atoms with Crippen molar-refractivity contribution in [2.75, 3.05) is 18.0 Å². The summed E-state index contributed by atoms with van der Waals surface area (Å²) in [6.07, 6.45) is 2.35. The van der Waals surface area contributed by atoms with Crippen LogP contribution in [0.5, 0.6) is 0 Å². The molecule has 5 nitrogen and oxygen atoms in total. The number of piperidine rings is 1. The first-order valence-electron chi connectivity index (χ1n) is 5.80. The third kappa shape index (κ3) is 2.72. The number of hydrogen-bond donors (Lipinski definition) is 1. The van der Waals surface area contributed by atoms with Crippen molar-refractivity contribution in [3.05, 3.63) is 17.8 Å². The molecule has 1 N–H and O–H groups in total. The molecule has 0 unspecified atom stereocenters. The number of carboxylic acids is 1. The van der Waals surface area contributed by atoms with E-state index in [0.29, 0.717) is 0 Å². The number of hydrogen-bond acceptors (Lipinski definition) is 4. The fourth-order valence-corrected chi connectivity index (χ4v) is 2.23. The van der Waals surface area contributed by atoms with Crippen LogP contribution in [-0.2, 0) is 0 Å². The Morgan fingerprint density at radius 2 is 2.18 bits per heavy atom. The second-order valence-electron chi connectivity index (χ2n) is 5.27. The number of carboxylic acid groups (broad SMARTS) is 1. The lowest BCUT2D eigenvalue weighted by molar-refractivity contribution is 0.0689. The van der Waals surface area contributed by atoms with Gasteiger partial charge in [-0.3, -0.25) is 0 Å². The first-order chi connectivity index (χ1) is 7.98. The van der Waals surface area contributed by atoms with Gasteiger partial charge in [-0.2, -0.15) is 0 Å². The van der Waals surface area contributed by atoms with E-state index < -0.39 is 5.97 Å². The number of carbonyl (C=O) groups is 1. The summed E-state index contributed by atoms with van der Waals surface area (Å²) in [5.41, 5.74) is 0.274. The topological polar surface area (TPSA) is 66.3 Å². The molecule has 5 heteroatoms. The first-order valence-corrected chi connectivity index (χ1v) is 5.80. The molecule has 2 heterocycles. The number of aromatic nitrogens is 2. The van der Waals surface area contributed by atoms with Gasteiger partial charge in [-0.15, -0.1) is 10.2 Å². The van der Waals surface area contributed by atoms with E-state index in [9.17, 15) is 4.79 Å². The van der Waals surface area contributed by atoms with Crippen LogP contribution < -0.4 is 4.90 Å². The molecule has 1 aromatic rings. The van der Waals surface area contributed by atoms with E-state index in [-0.39, 0.29) is 11.1 Å². The van der Waals surface area contributed by atoms with Crippen LogP contribution >= 0.6 is 0 Å². The molecule has 0 spiro atoms. The van der Waals surface area contributed by atoms with Crippen LogP contribution in [0.2, 0.25) is 0 Å². The average Bonchev–Trinajstić information content (AvgIpc) is 2.28. The monoisotopic (exact) mass is 235 g/mol. The van der Waals surface area contributed by atoms with E-state index in [1.54, 1.807) is 6.07 Å². The molecule has 0 bridgehead atoms. The molecule has 0 saturated carbocycles. The lowest BCUT2D eigenvalue weighted by Gasteiger charge is -2.38. The maximum absolute atomic E-state index is 10.7. The van der Waals surface area contributed by atoms with Crippen molar-refractivity contribution in [1.82, 2.24) is 10.2 Å². The fraction of sp³-hybridized carbons (Fsp3) is 0.583. The summed E-state index contributed by atoms with van der Waals surface area (Å²) in [4.78, 5) is 12.8. The summed E-state index contributed by atoms with van der Waals surface area (Å²) in [5.74, 6) is -0.272. The molecule has 2 rings (SSSR count). The molecule has 1 aliphatic rings. The van der Waals surface area contributed by atoms with Gasteiger partial charge in [0.25, 0.3) is 0 Å². The minimum atomic E-state index is -1.04. The quantitative estimate of drug-likeness (QED) is 0.846. The standard InChI is InChI=1S/C12H17N3O2/c1-12(2)6-3-7-15(8-12)10-5-4-9(11(16)17)13-14-10/h4-5H,3,6-8H2,1-2H3,(H,16,17). The minimum Gasteiger partial charge on any atom is -0.476 e. The van der Waals surface area contributed by atoms with Gasteiger partial charge in [0, 0.05) is 13.1 Å². The molecule has 1 fully saturated rings. The van der Waals surface area contributed by atoms with Gasteiger partial charge >= 0.3 is 5.97 Å². The number of nitrogens with zero attached hydrogens (tertiary/aromatic N) is 3. The van der Waals surface area contributed by atoms with Gasteiger partial charge < -0.3 is 10.0 Å². The van der Waals surface area contributed by atoms with Gasteiger partial charge in [0.05, 0.1) is 0 Å². The van der Waals surface area contributed by atoms with E-state index in [4.69, 9.17) is 5.11 Å². The van der Waals surface area contributed by atoms with Crippen LogP contribution in [0, 0.1) is 5.41 Å². The summed E-state index contributed by atoms with van der Waals surface area (Å²) >= 11 is 0. The Bertz CT molecular complexity index is 414. The Morgan fingerprint density at radius 3 is 2.71 bits per heavy atom. The largest absolute Gasteiger partial charge is 0.476 e. The lowest BCUT2D eigenvalue weighted by atomic mass is 9.84. The molecular weight excluding hydrogens is 218 g/mol. The van der Waals surface area contributed by atoms with Crippen LogP contribution in [-0.4, -0.2) is 34.4 Å². The molecule has 0 aromatic carbocycles. The highest BCUT2D eigenvalue weighted by molar-refractivity contribution is 5.85. The summed E-state index contributed by atoms with van der Waals surface area (Å²) < 4.78 is 0. The fourth-order valence-electron chi connectivity index (χ4n) is 2.23. The molecular formula is C12H17N3O2. The van der Waals surface area contributed by atoms with Crippen LogP contribution in [0.3, 0.4) is 0 Å². The Morgan fingerprint density at radius 1 is 1.41 bits per heavy atom. The zero-order valence-electron chi connectivity index (χ0n) is 10.2. The second kappa shape index (κ2) is 4.31. The summed E-state index contributed by atoms with van der Waals surface area (Å²) in [5, 5.41) is 16.4. The number of rotatable bonds is 2.